The number of carboxylic acids is 1. The molecule has 0 saturated heterocycles. The summed E-state index contributed by atoms with van der Waals surface area (Å²) in [4.78, 5) is 23.6. The largest absolute Gasteiger partial charge is 0.481 e. The van der Waals surface area contributed by atoms with E-state index < -0.39 is 17.8 Å². The summed E-state index contributed by atoms with van der Waals surface area (Å²) >= 11 is 11.7. The van der Waals surface area contributed by atoms with Gasteiger partial charge in [0.25, 0.3) is 0 Å². The van der Waals surface area contributed by atoms with Gasteiger partial charge < -0.3 is 5.11 Å². The number of benzene rings is 1. The highest BCUT2D eigenvalue weighted by molar-refractivity contribution is 6.42. The van der Waals surface area contributed by atoms with Crippen LogP contribution < -0.4 is 0 Å². The maximum Gasteiger partial charge on any atom is 0.307 e. The normalized spacial score (nSPS) is 22.2. The maximum atomic E-state index is 12.4. The number of allylic oxidation sites excluding steroid dienone is 2. The van der Waals surface area contributed by atoms with Crippen molar-refractivity contribution in [2.24, 2.45) is 11.8 Å². The van der Waals surface area contributed by atoms with Crippen molar-refractivity contribution < 1.29 is 14.7 Å². The predicted molar refractivity (Wildman–Crippen MR) is 73.8 cm³/mol. The van der Waals surface area contributed by atoms with Crippen LogP contribution in [0, 0.1) is 11.8 Å². The Morgan fingerprint density at radius 2 is 1.68 bits per heavy atom. The minimum atomic E-state index is -0.942. The first-order valence-corrected chi connectivity index (χ1v) is 6.63. The molecular weight excluding hydrogens is 287 g/mol. The topological polar surface area (TPSA) is 54.4 Å². The van der Waals surface area contributed by atoms with Gasteiger partial charge in [-0.2, -0.15) is 0 Å². The van der Waals surface area contributed by atoms with Crippen LogP contribution >= 0.6 is 23.2 Å². The van der Waals surface area contributed by atoms with Gasteiger partial charge in [0, 0.05) is 11.5 Å². The van der Waals surface area contributed by atoms with Crippen LogP contribution in [0.1, 0.15) is 23.2 Å². The Morgan fingerprint density at radius 1 is 1.05 bits per heavy atom. The fourth-order valence-corrected chi connectivity index (χ4v) is 2.54. The van der Waals surface area contributed by atoms with Crippen LogP contribution in [0.4, 0.5) is 0 Å². The number of carbonyl (C=O) groups is 2. The number of hydrogen-bond donors (Lipinski definition) is 1. The molecule has 1 aliphatic rings. The van der Waals surface area contributed by atoms with Crippen LogP contribution in [0.25, 0.3) is 0 Å². The van der Waals surface area contributed by atoms with Crippen molar-refractivity contribution in [1.29, 1.82) is 0 Å². The van der Waals surface area contributed by atoms with E-state index in [2.05, 4.69) is 0 Å². The third kappa shape index (κ3) is 2.99. The second kappa shape index (κ2) is 5.76. The van der Waals surface area contributed by atoms with Crippen molar-refractivity contribution in [1.82, 2.24) is 0 Å². The first-order chi connectivity index (χ1) is 9.00. The molecular formula is C14H12Cl2O3. The molecule has 2 unspecified atom stereocenters. The second-order valence-corrected chi connectivity index (χ2v) is 5.30. The van der Waals surface area contributed by atoms with Crippen molar-refractivity contribution in [3.05, 3.63) is 46.0 Å². The molecule has 19 heavy (non-hydrogen) atoms. The third-order valence-electron chi connectivity index (χ3n) is 3.29. The molecule has 0 aliphatic heterocycles. The van der Waals surface area contributed by atoms with Gasteiger partial charge in [-0.15, -0.1) is 0 Å². The molecule has 1 aliphatic carbocycles. The molecule has 2 atom stereocenters. The van der Waals surface area contributed by atoms with E-state index in [4.69, 9.17) is 28.3 Å². The summed E-state index contributed by atoms with van der Waals surface area (Å²) in [7, 11) is 0. The minimum Gasteiger partial charge on any atom is -0.481 e. The van der Waals surface area contributed by atoms with E-state index in [1.165, 1.54) is 6.07 Å². The first kappa shape index (κ1) is 14.1. The summed E-state index contributed by atoms with van der Waals surface area (Å²) in [6.45, 7) is 0. The third-order valence-corrected chi connectivity index (χ3v) is 4.03. The number of ketones is 1. The molecule has 0 spiro atoms. The van der Waals surface area contributed by atoms with Gasteiger partial charge in [0.15, 0.2) is 5.78 Å². The summed E-state index contributed by atoms with van der Waals surface area (Å²) in [6.07, 6.45) is 4.47. The standard InChI is InChI=1S/C14H12Cl2O3/c15-11-6-5-8(7-12(11)16)13(17)9-3-1-2-4-10(9)14(18)19/h1-2,5-7,9-10H,3-4H2,(H,18,19). The molecule has 0 bridgehead atoms. The number of aliphatic carboxylic acids is 1. The van der Waals surface area contributed by atoms with Crippen LogP contribution in [-0.4, -0.2) is 16.9 Å². The van der Waals surface area contributed by atoms with E-state index in [0.717, 1.165) is 0 Å². The number of hydrogen-bond acceptors (Lipinski definition) is 2. The zero-order valence-corrected chi connectivity index (χ0v) is 11.5. The highest BCUT2D eigenvalue weighted by Crippen LogP contribution is 2.31. The maximum absolute atomic E-state index is 12.4. The first-order valence-electron chi connectivity index (χ1n) is 5.87. The lowest BCUT2D eigenvalue weighted by molar-refractivity contribution is -0.143. The van der Waals surface area contributed by atoms with Gasteiger partial charge in [0.1, 0.15) is 0 Å². The van der Waals surface area contributed by atoms with E-state index >= 15 is 0 Å². The Hall–Kier alpha value is -1.32. The molecule has 5 heteroatoms. The molecule has 1 aromatic rings. The van der Waals surface area contributed by atoms with Gasteiger partial charge in [-0.05, 0) is 31.0 Å². The molecule has 3 nitrogen and oxygen atoms in total. The number of Topliss-reactive ketones (excluding diaryl/α,β-unsaturated/α-hetero) is 1. The quantitative estimate of drug-likeness (QED) is 0.681. The van der Waals surface area contributed by atoms with Crippen molar-refractivity contribution in [3.8, 4) is 0 Å². The van der Waals surface area contributed by atoms with Crippen molar-refractivity contribution in [2.45, 2.75) is 12.8 Å². The predicted octanol–water partition coefficient (Wildman–Crippen LogP) is 3.84. The molecule has 0 radical (unpaired) electrons. The van der Waals surface area contributed by atoms with Gasteiger partial charge in [-0.25, -0.2) is 0 Å². The molecule has 0 heterocycles. The highest BCUT2D eigenvalue weighted by atomic mass is 35.5. The lowest BCUT2D eigenvalue weighted by Crippen LogP contribution is -2.31. The number of rotatable bonds is 3. The van der Waals surface area contributed by atoms with Crippen LogP contribution in [0.5, 0.6) is 0 Å². The van der Waals surface area contributed by atoms with Crippen molar-refractivity contribution in [3.63, 3.8) is 0 Å². The second-order valence-electron chi connectivity index (χ2n) is 4.49. The van der Waals surface area contributed by atoms with E-state index in [9.17, 15) is 9.59 Å². The van der Waals surface area contributed by atoms with Crippen molar-refractivity contribution in [2.75, 3.05) is 0 Å². The smallest absolute Gasteiger partial charge is 0.307 e. The van der Waals surface area contributed by atoms with Gasteiger partial charge >= 0.3 is 5.97 Å². The summed E-state index contributed by atoms with van der Waals surface area (Å²) < 4.78 is 0. The van der Waals surface area contributed by atoms with Crippen LogP contribution in [-0.2, 0) is 4.79 Å². The van der Waals surface area contributed by atoms with Gasteiger partial charge in [0.05, 0.1) is 16.0 Å². The lowest BCUT2D eigenvalue weighted by Gasteiger charge is -2.24. The summed E-state index contributed by atoms with van der Waals surface area (Å²) in [6, 6.07) is 4.61. The number of carbonyl (C=O) groups excluding carboxylic acids is 1. The van der Waals surface area contributed by atoms with Crippen LogP contribution in [0.3, 0.4) is 0 Å². The van der Waals surface area contributed by atoms with Crippen LogP contribution in [0.2, 0.25) is 10.0 Å². The molecule has 0 aromatic heterocycles. The number of halogens is 2. The summed E-state index contributed by atoms with van der Waals surface area (Å²) in [5.74, 6) is -2.36. The summed E-state index contributed by atoms with van der Waals surface area (Å²) in [5, 5.41) is 9.84. The fourth-order valence-electron chi connectivity index (χ4n) is 2.24. The monoisotopic (exact) mass is 298 g/mol. The molecule has 0 fully saturated rings. The average Bonchev–Trinajstić information content (AvgIpc) is 2.41. The van der Waals surface area contributed by atoms with Gasteiger partial charge in [-0.1, -0.05) is 35.4 Å². The molecule has 1 N–H and O–H groups in total. The highest BCUT2D eigenvalue weighted by Gasteiger charge is 2.34. The Morgan fingerprint density at radius 3 is 2.26 bits per heavy atom. The van der Waals surface area contributed by atoms with E-state index in [1.807, 2.05) is 6.08 Å². The Labute approximate surface area is 120 Å². The zero-order valence-electron chi connectivity index (χ0n) is 9.98. The van der Waals surface area contributed by atoms with Crippen LogP contribution in [0.15, 0.2) is 30.4 Å². The molecule has 100 valence electrons. The van der Waals surface area contributed by atoms with Crippen molar-refractivity contribution >= 4 is 35.0 Å². The Kier molecular flexibility index (Phi) is 4.27. The minimum absolute atomic E-state index is 0.199. The number of carboxylic acid groups (broad SMARTS) is 1. The molecule has 1 aromatic carbocycles. The SMILES string of the molecule is O=C(O)C1CC=CCC1C(=O)c1ccc(Cl)c(Cl)c1. The molecule has 2 rings (SSSR count). The Bertz CT molecular complexity index is 552. The average molecular weight is 299 g/mol. The zero-order chi connectivity index (χ0) is 14.0. The van der Waals surface area contributed by atoms with E-state index in [1.54, 1.807) is 18.2 Å². The molecule has 0 amide bonds. The van der Waals surface area contributed by atoms with E-state index in [-0.39, 0.29) is 5.78 Å². The Balaban J connectivity index is 2.29. The molecule has 0 saturated carbocycles. The fraction of sp³-hybridized carbons (Fsp3) is 0.286. The summed E-state index contributed by atoms with van der Waals surface area (Å²) in [5.41, 5.74) is 0.404. The van der Waals surface area contributed by atoms with E-state index in [0.29, 0.717) is 28.5 Å². The van der Waals surface area contributed by atoms with Gasteiger partial charge in [0.2, 0.25) is 0 Å². The van der Waals surface area contributed by atoms with Gasteiger partial charge in [-0.3, -0.25) is 9.59 Å². The lowest BCUT2D eigenvalue weighted by atomic mass is 9.78.